The molecule has 21 heavy (non-hydrogen) atoms. The molecular formula is C18H24N2O. The standard InChI is InChI=1S/C18H24N2O/c1-18(10-5-11-18)13-20-17(21)9-4-6-14-12-19-16-8-3-2-7-15(14)16/h2-3,7-8,12,19H,4-6,9-11,13H2,1H3,(H,20,21). The van der Waals surface area contributed by atoms with Crippen LogP contribution in [0, 0.1) is 5.41 Å². The summed E-state index contributed by atoms with van der Waals surface area (Å²) in [4.78, 5) is 15.2. The second-order valence-corrected chi connectivity index (χ2v) is 6.65. The minimum absolute atomic E-state index is 0.197. The van der Waals surface area contributed by atoms with Crippen LogP contribution in [0.5, 0.6) is 0 Å². The van der Waals surface area contributed by atoms with Gasteiger partial charge in [-0.25, -0.2) is 0 Å². The number of aromatic amines is 1. The lowest BCUT2D eigenvalue weighted by atomic mass is 9.70. The fraction of sp³-hybridized carbons (Fsp3) is 0.500. The van der Waals surface area contributed by atoms with Crippen molar-refractivity contribution in [3.8, 4) is 0 Å². The Hall–Kier alpha value is -1.77. The van der Waals surface area contributed by atoms with Gasteiger partial charge in [-0.1, -0.05) is 31.5 Å². The number of carbonyl (C=O) groups is 1. The number of benzene rings is 1. The van der Waals surface area contributed by atoms with Crippen LogP contribution in [0.1, 0.15) is 44.6 Å². The number of H-pyrrole nitrogens is 1. The van der Waals surface area contributed by atoms with Gasteiger partial charge in [0, 0.05) is 30.1 Å². The lowest BCUT2D eigenvalue weighted by Crippen LogP contribution is -2.39. The molecular weight excluding hydrogens is 260 g/mol. The van der Waals surface area contributed by atoms with E-state index in [-0.39, 0.29) is 5.91 Å². The average molecular weight is 284 g/mol. The molecule has 0 atom stereocenters. The summed E-state index contributed by atoms with van der Waals surface area (Å²) in [5, 5.41) is 4.37. The van der Waals surface area contributed by atoms with Gasteiger partial charge in [0.2, 0.25) is 5.91 Å². The van der Waals surface area contributed by atoms with Crippen molar-refractivity contribution in [1.29, 1.82) is 0 Å². The van der Waals surface area contributed by atoms with Crippen molar-refractivity contribution in [2.24, 2.45) is 5.41 Å². The lowest BCUT2D eigenvalue weighted by Gasteiger charge is -2.38. The van der Waals surface area contributed by atoms with E-state index in [2.05, 4.69) is 41.6 Å². The van der Waals surface area contributed by atoms with Gasteiger partial charge in [0.1, 0.15) is 0 Å². The minimum atomic E-state index is 0.197. The van der Waals surface area contributed by atoms with E-state index in [4.69, 9.17) is 0 Å². The number of hydrogen-bond acceptors (Lipinski definition) is 1. The normalized spacial score (nSPS) is 16.6. The Labute approximate surface area is 126 Å². The fourth-order valence-corrected chi connectivity index (χ4v) is 3.14. The summed E-state index contributed by atoms with van der Waals surface area (Å²) in [5.74, 6) is 0.197. The zero-order chi connectivity index (χ0) is 14.7. The average Bonchev–Trinajstić information content (AvgIpc) is 2.87. The first-order valence-corrected chi connectivity index (χ1v) is 7.98. The Morgan fingerprint density at radius 1 is 1.33 bits per heavy atom. The Bertz CT molecular complexity index is 625. The number of para-hydroxylation sites is 1. The molecule has 1 amide bonds. The van der Waals surface area contributed by atoms with Crippen LogP contribution in [0.3, 0.4) is 0 Å². The van der Waals surface area contributed by atoms with E-state index < -0.39 is 0 Å². The van der Waals surface area contributed by atoms with Gasteiger partial charge in [0.15, 0.2) is 0 Å². The number of aryl methyl sites for hydroxylation is 1. The number of amides is 1. The molecule has 3 nitrogen and oxygen atoms in total. The fourth-order valence-electron chi connectivity index (χ4n) is 3.14. The van der Waals surface area contributed by atoms with E-state index in [1.165, 1.54) is 35.7 Å². The van der Waals surface area contributed by atoms with Gasteiger partial charge in [-0.05, 0) is 42.7 Å². The largest absolute Gasteiger partial charge is 0.361 e. The maximum Gasteiger partial charge on any atom is 0.220 e. The number of hydrogen-bond donors (Lipinski definition) is 2. The molecule has 0 unspecified atom stereocenters. The predicted molar refractivity (Wildman–Crippen MR) is 86.2 cm³/mol. The molecule has 0 radical (unpaired) electrons. The predicted octanol–water partition coefficient (Wildman–Crippen LogP) is 3.80. The molecule has 1 saturated carbocycles. The smallest absolute Gasteiger partial charge is 0.220 e. The lowest BCUT2D eigenvalue weighted by molar-refractivity contribution is -0.121. The Morgan fingerprint density at radius 2 is 2.14 bits per heavy atom. The highest BCUT2D eigenvalue weighted by Crippen LogP contribution is 2.39. The van der Waals surface area contributed by atoms with Crippen LogP contribution in [0.2, 0.25) is 0 Å². The number of fused-ring (bicyclic) bond motifs is 1. The monoisotopic (exact) mass is 284 g/mol. The molecule has 1 fully saturated rings. The molecule has 2 aromatic rings. The molecule has 0 saturated heterocycles. The van der Waals surface area contributed by atoms with Gasteiger partial charge in [-0.2, -0.15) is 0 Å². The van der Waals surface area contributed by atoms with Crippen LogP contribution in [-0.2, 0) is 11.2 Å². The van der Waals surface area contributed by atoms with Crippen LogP contribution >= 0.6 is 0 Å². The van der Waals surface area contributed by atoms with Gasteiger partial charge in [0.25, 0.3) is 0 Å². The SMILES string of the molecule is CC1(CNC(=O)CCCc2c[nH]c3ccccc23)CCC1. The van der Waals surface area contributed by atoms with Crippen LogP contribution < -0.4 is 5.32 Å². The summed E-state index contributed by atoms with van der Waals surface area (Å²) < 4.78 is 0. The summed E-state index contributed by atoms with van der Waals surface area (Å²) in [6, 6.07) is 8.33. The van der Waals surface area contributed by atoms with Crippen LogP contribution in [0.15, 0.2) is 30.5 Å². The third kappa shape index (κ3) is 3.29. The molecule has 2 N–H and O–H groups in total. The summed E-state index contributed by atoms with van der Waals surface area (Å²) in [6.45, 7) is 3.11. The molecule has 0 spiro atoms. The summed E-state index contributed by atoms with van der Waals surface area (Å²) in [7, 11) is 0. The third-order valence-electron chi connectivity index (χ3n) is 4.80. The first-order valence-electron chi connectivity index (χ1n) is 7.98. The van der Waals surface area contributed by atoms with Crippen molar-refractivity contribution in [2.45, 2.75) is 45.4 Å². The number of carbonyl (C=O) groups excluding carboxylic acids is 1. The van der Waals surface area contributed by atoms with E-state index in [9.17, 15) is 4.79 Å². The van der Waals surface area contributed by atoms with Gasteiger partial charge >= 0.3 is 0 Å². The highest BCUT2D eigenvalue weighted by molar-refractivity contribution is 5.83. The molecule has 1 aromatic carbocycles. The summed E-state index contributed by atoms with van der Waals surface area (Å²) >= 11 is 0. The zero-order valence-electron chi connectivity index (χ0n) is 12.7. The molecule has 1 aliphatic carbocycles. The molecule has 3 heteroatoms. The van der Waals surface area contributed by atoms with Crippen molar-refractivity contribution < 1.29 is 4.79 Å². The van der Waals surface area contributed by atoms with Crippen molar-refractivity contribution >= 4 is 16.8 Å². The van der Waals surface area contributed by atoms with Gasteiger partial charge < -0.3 is 10.3 Å². The van der Waals surface area contributed by atoms with Crippen molar-refractivity contribution in [1.82, 2.24) is 10.3 Å². The summed E-state index contributed by atoms with van der Waals surface area (Å²) in [5.41, 5.74) is 2.85. The van der Waals surface area contributed by atoms with Gasteiger partial charge in [-0.15, -0.1) is 0 Å². The van der Waals surface area contributed by atoms with Gasteiger partial charge in [0.05, 0.1) is 0 Å². The number of nitrogens with one attached hydrogen (secondary N) is 2. The van der Waals surface area contributed by atoms with Crippen LogP contribution in [0.4, 0.5) is 0 Å². The first kappa shape index (κ1) is 14.2. The molecule has 1 aromatic heterocycles. The number of aromatic nitrogens is 1. The maximum atomic E-state index is 11.9. The summed E-state index contributed by atoms with van der Waals surface area (Å²) in [6.07, 6.45) is 8.37. The molecule has 1 aliphatic rings. The second kappa shape index (κ2) is 5.92. The Morgan fingerprint density at radius 3 is 2.90 bits per heavy atom. The number of rotatable bonds is 6. The van der Waals surface area contributed by atoms with Crippen LogP contribution in [-0.4, -0.2) is 17.4 Å². The molecule has 0 bridgehead atoms. The van der Waals surface area contributed by atoms with E-state index >= 15 is 0 Å². The molecule has 0 aliphatic heterocycles. The van der Waals surface area contributed by atoms with E-state index in [1.54, 1.807) is 0 Å². The molecule has 112 valence electrons. The van der Waals surface area contributed by atoms with Crippen molar-refractivity contribution in [3.05, 3.63) is 36.0 Å². The highest BCUT2D eigenvalue weighted by atomic mass is 16.1. The molecule has 3 rings (SSSR count). The third-order valence-corrected chi connectivity index (χ3v) is 4.80. The molecule has 1 heterocycles. The van der Waals surface area contributed by atoms with Crippen molar-refractivity contribution in [2.75, 3.05) is 6.54 Å². The Kier molecular flexibility index (Phi) is 4.00. The first-order chi connectivity index (χ1) is 10.2. The second-order valence-electron chi connectivity index (χ2n) is 6.65. The van der Waals surface area contributed by atoms with E-state index in [1.807, 2.05) is 6.07 Å². The Balaban J connectivity index is 1.44. The highest BCUT2D eigenvalue weighted by Gasteiger charge is 2.31. The van der Waals surface area contributed by atoms with E-state index in [0.29, 0.717) is 11.8 Å². The van der Waals surface area contributed by atoms with Gasteiger partial charge in [-0.3, -0.25) is 4.79 Å². The van der Waals surface area contributed by atoms with Crippen molar-refractivity contribution in [3.63, 3.8) is 0 Å². The minimum Gasteiger partial charge on any atom is -0.361 e. The topological polar surface area (TPSA) is 44.9 Å². The quantitative estimate of drug-likeness (QED) is 0.832. The zero-order valence-corrected chi connectivity index (χ0v) is 12.7. The maximum absolute atomic E-state index is 11.9. The van der Waals surface area contributed by atoms with Crippen LogP contribution in [0.25, 0.3) is 10.9 Å². The van der Waals surface area contributed by atoms with E-state index in [0.717, 1.165) is 19.4 Å².